The third kappa shape index (κ3) is 2.50. The molecular weight excluding hydrogens is 306 g/mol. The third-order valence-corrected chi connectivity index (χ3v) is 4.96. The van der Waals surface area contributed by atoms with Crippen molar-refractivity contribution in [3.05, 3.63) is 29.8 Å². The van der Waals surface area contributed by atoms with Gasteiger partial charge < -0.3 is 9.64 Å². The number of piperidine rings is 1. The standard InChI is InChI=1S/C15H18BrNO2/c16-8-11-4-3-7-17(9-11)15(18)13-10-19-14-6-2-1-5-12(13)14/h1-2,5-6,11,13H,3-4,7-10H2. The van der Waals surface area contributed by atoms with Crippen LogP contribution in [-0.2, 0) is 4.79 Å². The van der Waals surface area contributed by atoms with Crippen molar-refractivity contribution < 1.29 is 9.53 Å². The van der Waals surface area contributed by atoms with Gasteiger partial charge in [-0.2, -0.15) is 0 Å². The maximum absolute atomic E-state index is 12.7. The molecule has 2 unspecified atom stereocenters. The number of benzene rings is 1. The van der Waals surface area contributed by atoms with Gasteiger partial charge >= 0.3 is 0 Å². The lowest BCUT2D eigenvalue weighted by atomic mass is 9.95. The smallest absolute Gasteiger partial charge is 0.233 e. The zero-order valence-corrected chi connectivity index (χ0v) is 12.4. The second kappa shape index (κ2) is 5.53. The lowest BCUT2D eigenvalue weighted by molar-refractivity contribution is -0.134. The van der Waals surface area contributed by atoms with E-state index in [9.17, 15) is 4.79 Å². The molecule has 0 aromatic heterocycles. The van der Waals surface area contributed by atoms with Crippen molar-refractivity contribution >= 4 is 21.8 Å². The number of nitrogens with zero attached hydrogens (tertiary/aromatic N) is 1. The highest BCUT2D eigenvalue weighted by Gasteiger charge is 2.34. The summed E-state index contributed by atoms with van der Waals surface area (Å²) in [5.41, 5.74) is 1.05. The quantitative estimate of drug-likeness (QED) is 0.783. The van der Waals surface area contributed by atoms with E-state index >= 15 is 0 Å². The summed E-state index contributed by atoms with van der Waals surface area (Å²) in [6.07, 6.45) is 2.32. The molecule has 2 atom stereocenters. The SMILES string of the molecule is O=C(C1COc2ccccc21)N1CCCC(CBr)C1. The van der Waals surface area contributed by atoms with Crippen molar-refractivity contribution in [3.63, 3.8) is 0 Å². The normalized spacial score (nSPS) is 25.8. The number of halogens is 1. The summed E-state index contributed by atoms with van der Waals surface area (Å²) in [6, 6.07) is 7.88. The van der Waals surface area contributed by atoms with E-state index in [4.69, 9.17) is 4.74 Å². The Kier molecular flexibility index (Phi) is 3.78. The van der Waals surface area contributed by atoms with Crippen LogP contribution >= 0.6 is 15.9 Å². The zero-order valence-electron chi connectivity index (χ0n) is 10.8. The number of para-hydroxylation sites is 1. The fourth-order valence-electron chi connectivity index (χ4n) is 2.98. The number of fused-ring (bicyclic) bond motifs is 1. The first-order chi connectivity index (χ1) is 9.29. The molecule has 3 rings (SSSR count). The molecule has 0 bridgehead atoms. The Hall–Kier alpha value is -1.03. The lowest BCUT2D eigenvalue weighted by Crippen LogP contribution is -2.43. The van der Waals surface area contributed by atoms with E-state index in [2.05, 4.69) is 15.9 Å². The number of alkyl halides is 1. The second-order valence-corrected chi connectivity index (χ2v) is 6.00. The minimum Gasteiger partial charge on any atom is -0.492 e. The van der Waals surface area contributed by atoms with Crippen LogP contribution in [-0.4, -0.2) is 35.8 Å². The van der Waals surface area contributed by atoms with Gasteiger partial charge in [-0.05, 0) is 24.8 Å². The molecule has 0 N–H and O–H groups in total. The van der Waals surface area contributed by atoms with Gasteiger partial charge in [0.2, 0.25) is 5.91 Å². The molecular formula is C15H18BrNO2. The Morgan fingerprint density at radius 1 is 1.42 bits per heavy atom. The van der Waals surface area contributed by atoms with E-state index in [0.717, 1.165) is 36.2 Å². The maximum Gasteiger partial charge on any atom is 0.233 e. The molecule has 0 aliphatic carbocycles. The highest BCUT2D eigenvalue weighted by molar-refractivity contribution is 9.09. The van der Waals surface area contributed by atoms with Crippen molar-refractivity contribution in [1.29, 1.82) is 0 Å². The Labute approximate surface area is 122 Å². The van der Waals surface area contributed by atoms with Gasteiger partial charge in [-0.3, -0.25) is 4.79 Å². The van der Waals surface area contributed by atoms with E-state index in [1.54, 1.807) is 0 Å². The van der Waals surface area contributed by atoms with Crippen molar-refractivity contribution in [3.8, 4) is 5.75 Å². The van der Waals surface area contributed by atoms with E-state index < -0.39 is 0 Å². The highest BCUT2D eigenvalue weighted by Crippen LogP contribution is 2.35. The summed E-state index contributed by atoms with van der Waals surface area (Å²) >= 11 is 3.53. The second-order valence-electron chi connectivity index (χ2n) is 5.35. The molecule has 2 aliphatic rings. The summed E-state index contributed by atoms with van der Waals surface area (Å²) in [5.74, 6) is 1.59. The molecule has 1 amide bonds. The van der Waals surface area contributed by atoms with Crippen molar-refractivity contribution in [2.75, 3.05) is 25.0 Å². The average Bonchev–Trinajstić information content (AvgIpc) is 2.90. The van der Waals surface area contributed by atoms with Crippen molar-refractivity contribution in [2.45, 2.75) is 18.8 Å². The summed E-state index contributed by atoms with van der Waals surface area (Å²) in [7, 11) is 0. The Morgan fingerprint density at radius 3 is 3.11 bits per heavy atom. The zero-order chi connectivity index (χ0) is 13.2. The van der Waals surface area contributed by atoms with Gasteiger partial charge in [0.15, 0.2) is 0 Å². The number of amides is 1. The third-order valence-electron chi connectivity index (χ3n) is 4.05. The van der Waals surface area contributed by atoms with Gasteiger partial charge in [0, 0.05) is 24.0 Å². The molecule has 2 heterocycles. The van der Waals surface area contributed by atoms with Gasteiger partial charge in [0.05, 0.1) is 0 Å². The van der Waals surface area contributed by atoms with Crippen LogP contribution in [0.15, 0.2) is 24.3 Å². The predicted octanol–water partition coefficient (Wildman–Crippen LogP) is 2.80. The van der Waals surface area contributed by atoms with E-state index in [-0.39, 0.29) is 11.8 Å². The number of carbonyl (C=O) groups is 1. The first-order valence-corrected chi connectivity index (χ1v) is 7.98. The first kappa shape index (κ1) is 13.0. The van der Waals surface area contributed by atoms with Crippen LogP contribution in [0, 0.1) is 5.92 Å². The van der Waals surface area contributed by atoms with Crippen LogP contribution in [0.1, 0.15) is 24.3 Å². The Morgan fingerprint density at radius 2 is 2.26 bits per heavy atom. The van der Waals surface area contributed by atoms with Gasteiger partial charge in [0.1, 0.15) is 18.3 Å². The highest BCUT2D eigenvalue weighted by atomic mass is 79.9. The number of rotatable bonds is 2. The Bertz CT molecular complexity index is 477. The molecule has 4 heteroatoms. The molecule has 19 heavy (non-hydrogen) atoms. The molecule has 1 fully saturated rings. The molecule has 1 aromatic carbocycles. The molecule has 0 spiro atoms. The van der Waals surface area contributed by atoms with Crippen LogP contribution < -0.4 is 4.74 Å². The van der Waals surface area contributed by atoms with Crippen molar-refractivity contribution in [1.82, 2.24) is 4.90 Å². The van der Waals surface area contributed by atoms with Crippen LogP contribution in [0.5, 0.6) is 5.75 Å². The minimum atomic E-state index is -0.106. The molecule has 0 radical (unpaired) electrons. The van der Waals surface area contributed by atoms with Crippen LogP contribution in [0.2, 0.25) is 0 Å². The minimum absolute atomic E-state index is 0.106. The summed E-state index contributed by atoms with van der Waals surface area (Å²) in [5, 5.41) is 0.981. The number of hydrogen-bond acceptors (Lipinski definition) is 2. The topological polar surface area (TPSA) is 29.5 Å². The van der Waals surface area contributed by atoms with Crippen LogP contribution in [0.4, 0.5) is 0 Å². The molecule has 102 valence electrons. The van der Waals surface area contributed by atoms with Gasteiger partial charge in [-0.1, -0.05) is 34.1 Å². The number of likely N-dealkylation sites (tertiary alicyclic amines) is 1. The van der Waals surface area contributed by atoms with Crippen LogP contribution in [0.25, 0.3) is 0 Å². The largest absolute Gasteiger partial charge is 0.492 e. The molecule has 1 aromatic rings. The van der Waals surface area contributed by atoms with E-state index in [1.165, 1.54) is 6.42 Å². The molecule has 2 aliphatic heterocycles. The van der Waals surface area contributed by atoms with Crippen molar-refractivity contribution in [2.24, 2.45) is 5.92 Å². The fourth-order valence-corrected chi connectivity index (χ4v) is 3.51. The maximum atomic E-state index is 12.7. The average molecular weight is 324 g/mol. The number of hydrogen-bond donors (Lipinski definition) is 0. The first-order valence-electron chi connectivity index (χ1n) is 6.86. The van der Waals surface area contributed by atoms with Gasteiger partial charge in [0.25, 0.3) is 0 Å². The number of ether oxygens (including phenoxy) is 1. The lowest BCUT2D eigenvalue weighted by Gasteiger charge is -2.33. The summed E-state index contributed by atoms with van der Waals surface area (Å²) in [6.45, 7) is 2.26. The van der Waals surface area contributed by atoms with Crippen LogP contribution in [0.3, 0.4) is 0 Å². The monoisotopic (exact) mass is 323 g/mol. The van der Waals surface area contributed by atoms with E-state index in [1.807, 2.05) is 29.2 Å². The summed E-state index contributed by atoms with van der Waals surface area (Å²) < 4.78 is 5.62. The fraction of sp³-hybridized carbons (Fsp3) is 0.533. The van der Waals surface area contributed by atoms with Gasteiger partial charge in [-0.25, -0.2) is 0 Å². The summed E-state index contributed by atoms with van der Waals surface area (Å²) in [4.78, 5) is 14.7. The molecule has 1 saturated heterocycles. The molecule has 3 nitrogen and oxygen atoms in total. The van der Waals surface area contributed by atoms with E-state index in [0.29, 0.717) is 12.5 Å². The predicted molar refractivity (Wildman–Crippen MR) is 77.8 cm³/mol. The molecule has 0 saturated carbocycles. The Balaban J connectivity index is 1.75. The van der Waals surface area contributed by atoms with Gasteiger partial charge in [-0.15, -0.1) is 0 Å². The number of carbonyl (C=O) groups excluding carboxylic acids is 1.